The van der Waals surface area contributed by atoms with Gasteiger partial charge in [0.2, 0.25) is 0 Å². The van der Waals surface area contributed by atoms with E-state index in [0.29, 0.717) is 0 Å². The van der Waals surface area contributed by atoms with Crippen molar-refractivity contribution in [3.8, 4) is 0 Å². The Morgan fingerprint density at radius 1 is 0.818 bits per heavy atom. The predicted octanol–water partition coefficient (Wildman–Crippen LogP) is 4.90. The van der Waals surface area contributed by atoms with Crippen LogP contribution in [-0.4, -0.2) is 13.1 Å². The van der Waals surface area contributed by atoms with Gasteiger partial charge < -0.3 is 10.6 Å². The summed E-state index contributed by atoms with van der Waals surface area (Å²) >= 11 is 0. The number of aryl methyl sites for hydroxylation is 1. The van der Waals surface area contributed by atoms with Gasteiger partial charge in [0.15, 0.2) is 0 Å². The average Bonchev–Trinajstić information content (AvgIpc) is 2.56. The molecule has 2 aromatic rings. The Labute approximate surface area is 135 Å². The molecule has 2 aromatic carbocycles. The third-order valence-corrected chi connectivity index (χ3v) is 3.99. The molecule has 0 heterocycles. The minimum Gasteiger partial charge on any atom is -0.399 e. The van der Waals surface area contributed by atoms with Crippen LogP contribution in [0.2, 0.25) is 0 Å². The van der Waals surface area contributed by atoms with Gasteiger partial charge in [-0.3, -0.25) is 0 Å². The van der Waals surface area contributed by atoms with Gasteiger partial charge in [0.05, 0.1) is 0 Å². The van der Waals surface area contributed by atoms with Crippen molar-refractivity contribution in [1.29, 1.82) is 0 Å². The molecule has 22 heavy (non-hydrogen) atoms. The molecule has 0 fully saturated rings. The van der Waals surface area contributed by atoms with E-state index in [2.05, 4.69) is 54.3 Å². The zero-order valence-electron chi connectivity index (χ0n) is 13.7. The molecule has 0 aliphatic rings. The molecule has 2 heteroatoms. The Morgan fingerprint density at radius 3 is 2.23 bits per heavy atom. The first-order chi connectivity index (χ1) is 10.8. The standard InChI is InChI=1S/C20H28N2/c1-2-16-22(20-10-6-3-7-11-20)17-8-4-5-9-18-12-14-19(21)15-13-18/h3,6-7,10-15H,2,4-5,8-9,16-17,21H2,1H3. The molecule has 0 aromatic heterocycles. The Hall–Kier alpha value is -1.96. The zero-order chi connectivity index (χ0) is 15.6. The minimum atomic E-state index is 0.849. The Balaban J connectivity index is 1.71. The fourth-order valence-electron chi connectivity index (χ4n) is 2.77. The summed E-state index contributed by atoms with van der Waals surface area (Å²) in [7, 11) is 0. The molecule has 0 bridgehead atoms. The van der Waals surface area contributed by atoms with Crippen LogP contribution in [0.5, 0.6) is 0 Å². The van der Waals surface area contributed by atoms with Gasteiger partial charge in [-0.15, -0.1) is 0 Å². The van der Waals surface area contributed by atoms with Crippen molar-refractivity contribution in [3.05, 3.63) is 60.2 Å². The number of nitrogens with two attached hydrogens (primary N) is 1. The lowest BCUT2D eigenvalue weighted by Crippen LogP contribution is -2.25. The second-order valence-electron chi connectivity index (χ2n) is 5.87. The summed E-state index contributed by atoms with van der Waals surface area (Å²) in [5.41, 5.74) is 9.30. The topological polar surface area (TPSA) is 29.3 Å². The highest BCUT2D eigenvalue weighted by atomic mass is 15.1. The van der Waals surface area contributed by atoms with Gasteiger partial charge >= 0.3 is 0 Å². The molecule has 0 aliphatic heterocycles. The maximum atomic E-state index is 5.71. The summed E-state index contributed by atoms with van der Waals surface area (Å²) < 4.78 is 0. The van der Waals surface area contributed by atoms with Gasteiger partial charge in [-0.25, -0.2) is 0 Å². The van der Waals surface area contributed by atoms with Crippen molar-refractivity contribution in [3.63, 3.8) is 0 Å². The first-order valence-corrected chi connectivity index (χ1v) is 8.44. The van der Waals surface area contributed by atoms with E-state index in [4.69, 9.17) is 5.73 Å². The van der Waals surface area contributed by atoms with E-state index in [1.807, 2.05) is 12.1 Å². The molecule has 0 radical (unpaired) electrons. The van der Waals surface area contributed by atoms with E-state index in [1.165, 1.54) is 36.9 Å². The number of hydrogen-bond acceptors (Lipinski definition) is 2. The van der Waals surface area contributed by atoms with E-state index in [-0.39, 0.29) is 0 Å². The fourth-order valence-corrected chi connectivity index (χ4v) is 2.77. The first-order valence-electron chi connectivity index (χ1n) is 8.44. The van der Waals surface area contributed by atoms with E-state index in [9.17, 15) is 0 Å². The van der Waals surface area contributed by atoms with Crippen LogP contribution in [0.25, 0.3) is 0 Å². The number of para-hydroxylation sites is 1. The normalized spacial score (nSPS) is 10.6. The van der Waals surface area contributed by atoms with Crippen LogP contribution in [-0.2, 0) is 6.42 Å². The van der Waals surface area contributed by atoms with Crippen molar-refractivity contribution in [2.24, 2.45) is 0 Å². The molecule has 0 unspecified atom stereocenters. The lowest BCUT2D eigenvalue weighted by atomic mass is 10.1. The molecule has 0 aliphatic carbocycles. The number of nitrogens with zero attached hydrogens (tertiary/aromatic N) is 1. The van der Waals surface area contributed by atoms with Gasteiger partial charge in [-0.2, -0.15) is 0 Å². The largest absolute Gasteiger partial charge is 0.399 e. The molecule has 2 nitrogen and oxygen atoms in total. The summed E-state index contributed by atoms with van der Waals surface area (Å²) in [6, 6.07) is 19.0. The predicted molar refractivity (Wildman–Crippen MR) is 97.4 cm³/mol. The van der Waals surface area contributed by atoms with Crippen LogP contribution in [0, 0.1) is 0 Å². The maximum absolute atomic E-state index is 5.71. The fraction of sp³-hybridized carbons (Fsp3) is 0.400. The van der Waals surface area contributed by atoms with Crippen molar-refractivity contribution in [1.82, 2.24) is 0 Å². The quantitative estimate of drug-likeness (QED) is 0.527. The number of anilines is 2. The van der Waals surface area contributed by atoms with Crippen molar-refractivity contribution >= 4 is 11.4 Å². The summed E-state index contributed by atoms with van der Waals surface area (Å²) in [5, 5.41) is 0. The number of hydrogen-bond donors (Lipinski definition) is 1. The van der Waals surface area contributed by atoms with Gasteiger partial charge in [0.1, 0.15) is 0 Å². The number of rotatable bonds is 9. The molecule has 118 valence electrons. The third-order valence-electron chi connectivity index (χ3n) is 3.99. The Morgan fingerprint density at radius 2 is 1.55 bits per heavy atom. The molecular weight excluding hydrogens is 268 g/mol. The highest BCUT2D eigenvalue weighted by Gasteiger charge is 2.04. The monoisotopic (exact) mass is 296 g/mol. The van der Waals surface area contributed by atoms with Gasteiger partial charge in [0.25, 0.3) is 0 Å². The van der Waals surface area contributed by atoms with Gasteiger partial charge in [0, 0.05) is 24.5 Å². The maximum Gasteiger partial charge on any atom is 0.0366 e. The summed E-state index contributed by atoms with van der Waals surface area (Å²) in [5.74, 6) is 0. The molecule has 2 rings (SSSR count). The molecule has 0 saturated carbocycles. The second kappa shape index (κ2) is 9.14. The number of benzene rings is 2. The lowest BCUT2D eigenvalue weighted by Gasteiger charge is -2.24. The molecule has 0 spiro atoms. The van der Waals surface area contributed by atoms with Crippen molar-refractivity contribution in [2.75, 3.05) is 23.7 Å². The van der Waals surface area contributed by atoms with Gasteiger partial charge in [-0.05, 0) is 55.5 Å². The number of unbranched alkanes of at least 4 members (excludes halogenated alkanes) is 2. The van der Waals surface area contributed by atoms with Gasteiger partial charge in [-0.1, -0.05) is 43.7 Å². The molecule has 0 saturated heterocycles. The molecule has 0 amide bonds. The Kier molecular flexibility index (Phi) is 6.82. The lowest BCUT2D eigenvalue weighted by molar-refractivity contribution is 0.646. The summed E-state index contributed by atoms with van der Waals surface area (Å²) in [6.07, 6.45) is 6.12. The van der Waals surface area contributed by atoms with Crippen LogP contribution in [0.1, 0.15) is 38.2 Å². The first kappa shape index (κ1) is 16.4. The number of nitrogen functional groups attached to an aromatic ring is 1. The average molecular weight is 296 g/mol. The van der Waals surface area contributed by atoms with E-state index in [0.717, 1.165) is 25.2 Å². The Bertz CT molecular complexity index is 519. The van der Waals surface area contributed by atoms with Crippen LogP contribution in [0.15, 0.2) is 54.6 Å². The molecule has 0 atom stereocenters. The van der Waals surface area contributed by atoms with E-state index >= 15 is 0 Å². The third kappa shape index (κ3) is 5.44. The van der Waals surface area contributed by atoms with Crippen LogP contribution < -0.4 is 10.6 Å². The zero-order valence-corrected chi connectivity index (χ0v) is 13.7. The molecular formula is C20H28N2. The SMILES string of the molecule is CCCN(CCCCCc1ccc(N)cc1)c1ccccc1. The summed E-state index contributed by atoms with van der Waals surface area (Å²) in [6.45, 7) is 4.54. The van der Waals surface area contributed by atoms with E-state index in [1.54, 1.807) is 0 Å². The smallest absolute Gasteiger partial charge is 0.0366 e. The minimum absolute atomic E-state index is 0.849. The van der Waals surface area contributed by atoms with Crippen molar-refractivity contribution < 1.29 is 0 Å². The van der Waals surface area contributed by atoms with Crippen LogP contribution >= 0.6 is 0 Å². The highest BCUT2D eigenvalue weighted by Crippen LogP contribution is 2.15. The van der Waals surface area contributed by atoms with Crippen LogP contribution in [0.4, 0.5) is 11.4 Å². The highest BCUT2D eigenvalue weighted by molar-refractivity contribution is 5.45. The van der Waals surface area contributed by atoms with Crippen LogP contribution in [0.3, 0.4) is 0 Å². The summed E-state index contributed by atoms with van der Waals surface area (Å²) in [4.78, 5) is 2.50. The van der Waals surface area contributed by atoms with E-state index < -0.39 is 0 Å². The van der Waals surface area contributed by atoms with Crippen molar-refractivity contribution in [2.45, 2.75) is 39.0 Å². The molecule has 2 N–H and O–H groups in total. The second-order valence-corrected chi connectivity index (χ2v) is 5.87.